The van der Waals surface area contributed by atoms with Crippen molar-refractivity contribution in [2.24, 2.45) is 5.73 Å². The first-order valence-electron chi connectivity index (χ1n) is 3.36. The van der Waals surface area contributed by atoms with Crippen molar-refractivity contribution in [2.45, 2.75) is 20.4 Å². The molecule has 0 saturated carbocycles. The largest absolute Gasteiger partial charge is 0.326 e. The number of hydrogen-bond donors (Lipinski definition) is 1. The second kappa shape index (κ2) is 2.80. The van der Waals surface area contributed by atoms with Gasteiger partial charge in [0.25, 0.3) is 0 Å². The van der Waals surface area contributed by atoms with E-state index in [1.165, 1.54) is 16.7 Å². The van der Waals surface area contributed by atoms with Crippen LogP contribution in [0, 0.1) is 13.8 Å². The molecule has 2 N–H and O–H groups in total. The van der Waals surface area contributed by atoms with E-state index in [0.717, 1.165) is 0 Å². The Morgan fingerprint density at radius 3 is 2.10 bits per heavy atom. The molecular formula is C8H12N2. The quantitative estimate of drug-likeness (QED) is 0.629. The number of hydrogen-bond acceptors (Lipinski definition) is 2. The van der Waals surface area contributed by atoms with Crippen molar-refractivity contribution >= 4 is 0 Å². The van der Waals surface area contributed by atoms with Gasteiger partial charge in [0.15, 0.2) is 0 Å². The Bertz CT molecular complexity index is 210. The van der Waals surface area contributed by atoms with Gasteiger partial charge in [0.05, 0.1) is 0 Å². The monoisotopic (exact) mass is 136 g/mol. The lowest BCUT2D eigenvalue weighted by molar-refractivity contribution is 1.01. The molecule has 2 nitrogen and oxygen atoms in total. The zero-order chi connectivity index (χ0) is 7.56. The molecule has 0 bridgehead atoms. The maximum Gasteiger partial charge on any atom is 0.0300 e. The number of rotatable bonds is 1. The molecule has 0 aromatic carbocycles. The first-order valence-corrected chi connectivity index (χ1v) is 3.36. The van der Waals surface area contributed by atoms with Gasteiger partial charge in [-0.25, -0.2) is 0 Å². The van der Waals surface area contributed by atoms with Crippen LogP contribution >= 0.6 is 0 Å². The fraction of sp³-hybridized carbons (Fsp3) is 0.375. The number of aryl methyl sites for hydroxylation is 2. The van der Waals surface area contributed by atoms with E-state index in [-0.39, 0.29) is 0 Å². The van der Waals surface area contributed by atoms with Gasteiger partial charge in [-0.2, -0.15) is 0 Å². The molecule has 1 aromatic rings. The average molecular weight is 136 g/mol. The molecule has 1 aromatic heterocycles. The van der Waals surface area contributed by atoms with Gasteiger partial charge in [-0.1, -0.05) is 0 Å². The van der Waals surface area contributed by atoms with Gasteiger partial charge in [0.1, 0.15) is 0 Å². The predicted octanol–water partition coefficient (Wildman–Crippen LogP) is 1.16. The fourth-order valence-electron chi connectivity index (χ4n) is 1.05. The molecule has 0 unspecified atom stereocenters. The van der Waals surface area contributed by atoms with Crippen molar-refractivity contribution in [3.05, 3.63) is 29.1 Å². The molecule has 2 heteroatoms. The lowest BCUT2D eigenvalue weighted by Crippen LogP contribution is -2.02. The zero-order valence-electron chi connectivity index (χ0n) is 6.39. The van der Waals surface area contributed by atoms with Crippen LogP contribution in [0.4, 0.5) is 0 Å². The summed E-state index contributed by atoms with van der Waals surface area (Å²) >= 11 is 0. The third-order valence-corrected chi connectivity index (χ3v) is 1.69. The van der Waals surface area contributed by atoms with Crippen molar-refractivity contribution in [2.75, 3.05) is 0 Å². The third-order valence-electron chi connectivity index (χ3n) is 1.69. The SMILES string of the molecule is Cc1cncc(C)c1CN. The molecule has 1 rings (SSSR count). The number of aromatic nitrogens is 1. The Morgan fingerprint density at radius 1 is 1.30 bits per heavy atom. The van der Waals surface area contributed by atoms with Crippen LogP contribution in [0.1, 0.15) is 16.7 Å². The van der Waals surface area contributed by atoms with Crippen LogP contribution < -0.4 is 5.73 Å². The highest BCUT2D eigenvalue weighted by molar-refractivity contribution is 5.29. The Kier molecular flexibility index (Phi) is 2.02. The van der Waals surface area contributed by atoms with Gasteiger partial charge in [-0.05, 0) is 30.5 Å². The first kappa shape index (κ1) is 7.22. The fourth-order valence-corrected chi connectivity index (χ4v) is 1.05. The van der Waals surface area contributed by atoms with E-state index >= 15 is 0 Å². The van der Waals surface area contributed by atoms with E-state index < -0.39 is 0 Å². The molecule has 0 radical (unpaired) electrons. The second-order valence-corrected chi connectivity index (χ2v) is 2.46. The Balaban J connectivity index is 3.17. The highest BCUT2D eigenvalue weighted by Crippen LogP contribution is 2.09. The van der Waals surface area contributed by atoms with Crippen molar-refractivity contribution < 1.29 is 0 Å². The summed E-state index contributed by atoms with van der Waals surface area (Å²) in [5.74, 6) is 0. The molecule has 1 heterocycles. The Labute approximate surface area is 61.1 Å². The van der Waals surface area contributed by atoms with E-state index in [9.17, 15) is 0 Å². The number of nitrogens with zero attached hydrogens (tertiary/aromatic N) is 1. The van der Waals surface area contributed by atoms with Crippen molar-refractivity contribution in [3.63, 3.8) is 0 Å². The minimum atomic E-state index is 0.611. The summed E-state index contributed by atoms with van der Waals surface area (Å²) in [6, 6.07) is 0. The molecule has 0 saturated heterocycles. The maximum atomic E-state index is 5.52. The zero-order valence-corrected chi connectivity index (χ0v) is 6.39. The molecule has 0 spiro atoms. The number of pyridine rings is 1. The average Bonchev–Trinajstić information content (AvgIpc) is 1.88. The summed E-state index contributed by atoms with van der Waals surface area (Å²) in [6.07, 6.45) is 3.68. The molecule has 0 fully saturated rings. The Hall–Kier alpha value is -0.890. The van der Waals surface area contributed by atoms with Crippen molar-refractivity contribution in [1.29, 1.82) is 0 Å². The molecular weight excluding hydrogens is 124 g/mol. The molecule has 0 amide bonds. The van der Waals surface area contributed by atoms with Gasteiger partial charge in [0, 0.05) is 18.9 Å². The van der Waals surface area contributed by atoms with Crippen LogP contribution in [0.15, 0.2) is 12.4 Å². The van der Waals surface area contributed by atoms with Crippen molar-refractivity contribution in [3.8, 4) is 0 Å². The topological polar surface area (TPSA) is 38.9 Å². The summed E-state index contributed by atoms with van der Waals surface area (Å²) < 4.78 is 0. The minimum Gasteiger partial charge on any atom is -0.326 e. The summed E-state index contributed by atoms with van der Waals surface area (Å²) in [7, 11) is 0. The first-order chi connectivity index (χ1) is 4.75. The van der Waals surface area contributed by atoms with Gasteiger partial charge < -0.3 is 5.73 Å². The number of nitrogens with two attached hydrogens (primary N) is 1. The minimum absolute atomic E-state index is 0.611. The maximum absolute atomic E-state index is 5.52. The summed E-state index contributed by atoms with van der Waals surface area (Å²) in [5, 5.41) is 0. The van der Waals surface area contributed by atoms with Crippen LogP contribution in [-0.2, 0) is 6.54 Å². The summed E-state index contributed by atoms with van der Waals surface area (Å²) in [5.41, 5.74) is 9.11. The van der Waals surface area contributed by atoms with Gasteiger partial charge in [-0.3, -0.25) is 4.98 Å². The van der Waals surface area contributed by atoms with E-state index in [2.05, 4.69) is 4.98 Å². The van der Waals surface area contributed by atoms with Crippen LogP contribution in [-0.4, -0.2) is 4.98 Å². The highest BCUT2D eigenvalue weighted by atomic mass is 14.6. The van der Waals surface area contributed by atoms with Crippen molar-refractivity contribution in [1.82, 2.24) is 4.98 Å². The van der Waals surface area contributed by atoms with E-state index in [1.807, 2.05) is 26.2 Å². The second-order valence-electron chi connectivity index (χ2n) is 2.46. The van der Waals surface area contributed by atoms with Crippen LogP contribution in [0.5, 0.6) is 0 Å². The highest BCUT2D eigenvalue weighted by Gasteiger charge is 1.97. The predicted molar refractivity (Wildman–Crippen MR) is 41.6 cm³/mol. The normalized spacial score (nSPS) is 9.90. The molecule has 0 aliphatic rings. The van der Waals surface area contributed by atoms with Gasteiger partial charge in [-0.15, -0.1) is 0 Å². The standard InChI is InChI=1S/C8H12N2/c1-6-4-10-5-7(2)8(6)3-9/h4-5H,3,9H2,1-2H3. The Morgan fingerprint density at radius 2 is 1.80 bits per heavy atom. The van der Waals surface area contributed by atoms with Gasteiger partial charge >= 0.3 is 0 Å². The van der Waals surface area contributed by atoms with Crippen LogP contribution in [0.2, 0.25) is 0 Å². The van der Waals surface area contributed by atoms with E-state index in [4.69, 9.17) is 5.73 Å². The lowest BCUT2D eigenvalue weighted by atomic mass is 10.1. The van der Waals surface area contributed by atoms with Gasteiger partial charge in [0.2, 0.25) is 0 Å². The van der Waals surface area contributed by atoms with E-state index in [1.54, 1.807) is 0 Å². The van der Waals surface area contributed by atoms with Crippen LogP contribution in [0.25, 0.3) is 0 Å². The molecule has 0 atom stereocenters. The molecule has 0 aliphatic heterocycles. The third kappa shape index (κ3) is 1.16. The smallest absolute Gasteiger partial charge is 0.0300 e. The van der Waals surface area contributed by atoms with E-state index in [0.29, 0.717) is 6.54 Å². The van der Waals surface area contributed by atoms with Crippen LogP contribution in [0.3, 0.4) is 0 Å². The molecule has 0 aliphatic carbocycles. The molecule has 54 valence electrons. The lowest BCUT2D eigenvalue weighted by Gasteiger charge is -2.04. The summed E-state index contributed by atoms with van der Waals surface area (Å²) in [6.45, 7) is 4.67. The summed E-state index contributed by atoms with van der Waals surface area (Å²) in [4.78, 5) is 4.04. The molecule has 10 heavy (non-hydrogen) atoms.